The number of aromatic nitrogens is 2. The van der Waals surface area contributed by atoms with Crippen molar-refractivity contribution in [1.29, 1.82) is 0 Å². The number of anilines is 3. The van der Waals surface area contributed by atoms with Gasteiger partial charge in [-0.25, -0.2) is 9.97 Å². The van der Waals surface area contributed by atoms with E-state index in [1.165, 1.54) is 0 Å². The molecule has 5 heteroatoms. The van der Waals surface area contributed by atoms with Crippen LogP contribution in [0.15, 0.2) is 30.3 Å². The quantitative estimate of drug-likeness (QED) is 0.862. The largest absolute Gasteiger partial charge is 0.494 e. The number of nitrogens with two attached hydrogens (primary N) is 1. The van der Waals surface area contributed by atoms with Crippen molar-refractivity contribution >= 4 is 17.3 Å². The Hall–Kier alpha value is -2.30. The van der Waals surface area contributed by atoms with Crippen molar-refractivity contribution in [3.05, 3.63) is 36.2 Å². The molecule has 0 unspecified atom stereocenters. The lowest BCUT2D eigenvalue weighted by atomic mass is 10.3. The maximum Gasteiger partial charge on any atom is 0.136 e. The topological polar surface area (TPSA) is 73.1 Å². The first kappa shape index (κ1) is 13.1. The van der Waals surface area contributed by atoms with Crippen LogP contribution in [-0.2, 0) is 6.42 Å². The SMILES string of the molecule is CCOc1ccc(Nc2cc(N)nc(CC)n2)cc1. The van der Waals surface area contributed by atoms with Gasteiger partial charge in [0.15, 0.2) is 0 Å². The molecule has 0 aliphatic carbocycles. The van der Waals surface area contributed by atoms with Gasteiger partial charge in [-0.15, -0.1) is 0 Å². The first-order valence-electron chi connectivity index (χ1n) is 6.34. The van der Waals surface area contributed by atoms with Crippen molar-refractivity contribution in [3.63, 3.8) is 0 Å². The van der Waals surface area contributed by atoms with Crippen LogP contribution < -0.4 is 15.8 Å². The van der Waals surface area contributed by atoms with Crippen LogP contribution in [0.5, 0.6) is 5.75 Å². The summed E-state index contributed by atoms with van der Waals surface area (Å²) < 4.78 is 5.39. The lowest BCUT2D eigenvalue weighted by molar-refractivity contribution is 0.340. The van der Waals surface area contributed by atoms with Crippen molar-refractivity contribution in [2.75, 3.05) is 17.7 Å². The second kappa shape index (κ2) is 6.04. The second-order valence-corrected chi connectivity index (χ2v) is 4.03. The van der Waals surface area contributed by atoms with Gasteiger partial charge < -0.3 is 15.8 Å². The first-order valence-corrected chi connectivity index (χ1v) is 6.34. The molecule has 5 nitrogen and oxygen atoms in total. The number of nitrogen functional groups attached to an aromatic ring is 1. The third-order valence-corrected chi connectivity index (χ3v) is 2.55. The van der Waals surface area contributed by atoms with Crippen molar-refractivity contribution in [1.82, 2.24) is 9.97 Å². The highest BCUT2D eigenvalue weighted by Gasteiger charge is 2.02. The zero-order chi connectivity index (χ0) is 13.7. The summed E-state index contributed by atoms with van der Waals surface area (Å²) in [5, 5.41) is 3.20. The van der Waals surface area contributed by atoms with Crippen LogP contribution in [0.25, 0.3) is 0 Å². The van der Waals surface area contributed by atoms with Gasteiger partial charge in [0.2, 0.25) is 0 Å². The molecular weight excluding hydrogens is 240 g/mol. The molecule has 0 atom stereocenters. The fraction of sp³-hybridized carbons (Fsp3) is 0.286. The lowest BCUT2D eigenvalue weighted by Crippen LogP contribution is -2.02. The molecule has 3 N–H and O–H groups in total. The number of ether oxygens (including phenoxy) is 1. The van der Waals surface area contributed by atoms with E-state index in [4.69, 9.17) is 10.5 Å². The average Bonchev–Trinajstić information content (AvgIpc) is 2.40. The first-order chi connectivity index (χ1) is 9.21. The van der Waals surface area contributed by atoms with Crippen molar-refractivity contribution < 1.29 is 4.74 Å². The molecule has 1 heterocycles. The van der Waals surface area contributed by atoms with Crippen LogP contribution >= 0.6 is 0 Å². The highest BCUT2D eigenvalue weighted by Crippen LogP contribution is 2.20. The molecule has 19 heavy (non-hydrogen) atoms. The number of nitrogens with one attached hydrogen (secondary N) is 1. The van der Waals surface area contributed by atoms with Gasteiger partial charge in [0.1, 0.15) is 23.2 Å². The molecule has 0 saturated heterocycles. The highest BCUT2D eigenvalue weighted by molar-refractivity contribution is 5.59. The van der Waals surface area contributed by atoms with E-state index in [9.17, 15) is 0 Å². The molecule has 0 saturated carbocycles. The van der Waals surface area contributed by atoms with Gasteiger partial charge in [0.05, 0.1) is 6.61 Å². The Morgan fingerprint density at radius 3 is 2.53 bits per heavy atom. The van der Waals surface area contributed by atoms with Crippen LogP contribution in [0.1, 0.15) is 19.7 Å². The van der Waals surface area contributed by atoms with E-state index >= 15 is 0 Å². The van der Waals surface area contributed by atoms with Gasteiger partial charge >= 0.3 is 0 Å². The van der Waals surface area contributed by atoms with Crippen LogP contribution in [0, 0.1) is 0 Å². The maximum atomic E-state index is 5.74. The van der Waals surface area contributed by atoms with Crippen LogP contribution in [0.3, 0.4) is 0 Å². The van der Waals surface area contributed by atoms with Gasteiger partial charge in [-0.05, 0) is 31.2 Å². The van der Waals surface area contributed by atoms with Gasteiger partial charge in [-0.3, -0.25) is 0 Å². The number of benzene rings is 1. The van der Waals surface area contributed by atoms with Gasteiger partial charge in [0, 0.05) is 18.2 Å². The fourth-order valence-corrected chi connectivity index (χ4v) is 1.69. The minimum atomic E-state index is 0.472. The standard InChI is InChI=1S/C14H18N4O/c1-3-13-17-12(15)9-14(18-13)16-10-5-7-11(8-6-10)19-4-2/h5-9H,3-4H2,1-2H3,(H3,15,16,17,18). The van der Waals surface area contributed by atoms with E-state index in [2.05, 4.69) is 15.3 Å². The van der Waals surface area contributed by atoms with Gasteiger partial charge in [0.25, 0.3) is 0 Å². The third-order valence-electron chi connectivity index (χ3n) is 2.55. The molecule has 100 valence electrons. The lowest BCUT2D eigenvalue weighted by Gasteiger charge is -2.09. The second-order valence-electron chi connectivity index (χ2n) is 4.03. The molecule has 2 aromatic rings. The molecular formula is C14H18N4O. The van der Waals surface area contributed by atoms with Gasteiger partial charge in [-0.2, -0.15) is 0 Å². The number of hydrogen-bond acceptors (Lipinski definition) is 5. The molecule has 0 radical (unpaired) electrons. The predicted octanol–water partition coefficient (Wildman–Crippen LogP) is 2.76. The summed E-state index contributed by atoms with van der Waals surface area (Å²) in [7, 11) is 0. The Labute approximate surface area is 112 Å². The fourth-order valence-electron chi connectivity index (χ4n) is 1.69. The number of hydrogen-bond donors (Lipinski definition) is 2. The van der Waals surface area contributed by atoms with Crippen molar-refractivity contribution in [2.45, 2.75) is 20.3 Å². The van der Waals surface area contributed by atoms with Crippen molar-refractivity contribution in [3.8, 4) is 5.75 Å². The molecule has 1 aromatic carbocycles. The Morgan fingerprint density at radius 2 is 1.89 bits per heavy atom. The summed E-state index contributed by atoms with van der Waals surface area (Å²) in [6.07, 6.45) is 0.753. The number of nitrogens with zero attached hydrogens (tertiary/aromatic N) is 2. The highest BCUT2D eigenvalue weighted by atomic mass is 16.5. The number of rotatable bonds is 5. The minimum absolute atomic E-state index is 0.472. The molecule has 0 aliphatic heterocycles. The molecule has 0 amide bonds. The van der Waals surface area contributed by atoms with E-state index in [0.717, 1.165) is 23.7 Å². The van der Waals surface area contributed by atoms with Crippen LogP contribution in [0.2, 0.25) is 0 Å². The molecule has 0 fully saturated rings. The Bertz CT molecular complexity index is 540. The summed E-state index contributed by atoms with van der Waals surface area (Å²) in [5.74, 6) is 2.76. The molecule has 0 aliphatic rings. The minimum Gasteiger partial charge on any atom is -0.494 e. The average molecular weight is 258 g/mol. The van der Waals surface area contributed by atoms with Gasteiger partial charge in [-0.1, -0.05) is 6.92 Å². The van der Waals surface area contributed by atoms with Crippen molar-refractivity contribution in [2.24, 2.45) is 0 Å². The molecule has 1 aromatic heterocycles. The van der Waals surface area contributed by atoms with E-state index in [1.54, 1.807) is 6.07 Å². The van der Waals surface area contributed by atoms with E-state index in [1.807, 2.05) is 38.1 Å². The Morgan fingerprint density at radius 1 is 1.16 bits per heavy atom. The van der Waals surface area contributed by atoms with E-state index < -0.39 is 0 Å². The third kappa shape index (κ3) is 3.58. The zero-order valence-corrected chi connectivity index (χ0v) is 11.2. The maximum absolute atomic E-state index is 5.74. The monoisotopic (exact) mass is 258 g/mol. The molecule has 2 rings (SSSR count). The van der Waals surface area contributed by atoms with E-state index in [0.29, 0.717) is 18.2 Å². The normalized spacial score (nSPS) is 10.2. The Balaban J connectivity index is 2.14. The number of aryl methyl sites for hydroxylation is 1. The summed E-state index contributed by atoms with van der Waals surface area (Å²) >= 11 is 0. The van der Waals surface area contributed by atoms with Crippen LogP contribution in [0.4, 0.5) is 17.3 Å². The van der Waals surface area contributed by atoms with E-state index in [-0.39, 0.29) is 0 Å². The predicted molar refractivity (Wildman–Crippen MR) is 76.7 cm³/mol. The summed E-state index contributed by atoms with van der Waals surface area (Å²) in [6, 6.07) is 9.42. The summed E-state index contributed by atoms with van der Waals surface area (Å²) in [6.45, 7) is 4.62. The molecule has 0 bridgehead atoms. The zero-order valence-electron chi connectivity index (χ0n) is 11.2. The Kier molecular flexibility index (Phi) is 4.18. The summed E-state index contributed by atoms with van der Waals surface area (Å²) in [4.78, 5) is 8.51. The van der Waals surface area contributed by atoms with Crippen LogP contribution in [-0.4, -0.2) is 16.6 Å². The molecule has 0 spiro atoms. The summed E-state index contributed by atoms with van der Waals surface area (Å²) in [5.41, 5.74) is 6.68. The smallest absolute Gasteiger partial charge is 0.136 e.